The van der Waals surface area contributed by atoms with E-state index < -0.39 is 10.0 Å². The van der Waals surface area contributed by atoms with Crippen LogP contribution in [0.15, 0.2) is 88.3 Å². The van der Waals surface area contributed by atoms with Gasteiger partial charge in [-0.15, -0.1) is 0 Å². The fourth-order valence-electron chi connectivity index (χ4n) is 4.68. The standard InChI is InChI=1S/C25H23BrN2O3S/c1-31-17-7-4-6-16(14-17)28-32(29,30)18-12-13-24-22(15-18)19-9-5-10-20(19)25(27-24)21-8-2-3-11-23(21)26/h2-9,11-15,19-20,25,27-28H,10H2,1H3/t19-,20+,25-/m0/s1. The maximum absolute atomic E-state index is 13.1. The zero-order valence-corrected chi connectivity index (χ0v) is 19.9. The number of hydrogen-bond donors (Lipinski definition) is 2. The van der Waals surface area contributed by atoms with Crippen molar-refractivity contribution in [1.82, 2.24) is 0 Å². The first-order valence-electron chi connectivity index (χ1n) is 10.4. The van der Waals surface area contributed by atoms with Gasteiger partial charge in [-0.3, -0.25) is 4.72 Å². The number of methoxy groups -OCH3 is 1. The minimum atomic E-state index is -3.74. The minimum absolute atomic E-state index is 0.149. The molecular formula is C25H23BrN2O3S. The van der Waals surface area contributed by atoms with Crippen LogP contribution in [0.3, 0.4) is 0 Å². The van der Waals surface area contributed by atoms with Crippen LogP contribution in [0.1, 0.15) is 29.5 Å². The molecule has 32 heavy (non-hydrogen) atoms. The molecule has 5 nitrogen and oxygen atoms in total. The van der Waals surface area contributed by atoms with E-state index in [2.05, 4.69) is 56.3 Å². The second-order valence-electron chi connectivity index (χ2n) is 8.08. The third-order valence-corrected chi connectivity index (χ3v) is 8.31. The van der Waals surface area contributed by atoms with E-state index in [4.69, 9.17) is 4.74 Å². The number of nitrogens with one attached hydrogen (secondary N) is 2. The molecular weight excluding hydrogens is 488 g/mol. The lowest BCUT2D eigenvalue weighted by atomic mass is 9.77. The summed E-state index contributed by atoms with van der Waals surface area (Å²) in [6, 6.07) is 20.6. The lowest BCUT2D eigenvalue weighted by Gasteiger charge is -2.38. The Morgan fingerprint density at radius 2 is 1.88 bits per heavy atom. The first-order chi connectivity index (χ1) is 15.5. The second-order valence-corrected chi connectivity index (χ2v) is 10.6. The van der Waals surface area contributed by atoms with E-state index in [1.807, 2.05) is 12.1 Å². The number of anilines is 2. The molecule has 2 aliphatic rings. The molecule has 0 fully saturated rings. The summed E-state index contributed by atoms with van der Waals surface area (Å²) in [4.78, 5) is 0.249. The van der Waals surface area contributed by atoms with Gasteiger partial charge in [0.15, 0.2) is 0 Å². The van der Waals surface area contributed by atoms with E-state index in [0.29, 0.717) is 17.4 Å². The highest BCUT2D eigenvalue weighted by molar-refractivity contribution is 9.10. The Balaban J connectivity index is 1.49. The Hall–Kier alpha value is -2.77. The molecule has 0 unspecified atom stereocenters. The lowest BCUT2D eigenvalue weighted by Crippen LogP contribution is -2.29. The topological polar surface area (TPSA) is 67.4 Å². The van der Waals surface area contributed by atoms with Crippen LogP contribution >= 0.6 is 15.9 Å². The normalized spacial score (nSPS) is 21.4. The van der Waals surface area contributed by atoms with Crippen molar-refractivity contribution in [3.8, 4) is 5.75 Å². The van der Waals surface area contributed by atoms with E-state index in [-0.39, 0.29) is 16.9 Å². The molecule has 7 heteroatoms. The van der Waals surface area contributed by atoms with Crippen molar-refractivity contribution < 1.29 is 13.2 Å². The second kappa shape index (κ2) is 8.30. The molecule has 1 aliphatic carbocycles. The maximum atomic E-state index is 13.1. The summed E-state index contributed by atoms with van der Waals surface area (Å²) in [7, 11) is -2.19. The zero-order chi connectivity index (χ0) is 22.3. The van der Waals surface area contributed by atoms with Gasteiger partial charge in [0.05, 0.1) is 23.7 Å². The Bertz CT molecular complexity index is 1310. The van der Waals surface area contributed by atoms with Crippen LogP contribution in [-0.4, -0.2) is 15.5 Å². The van der Waals surface area contributed by atoms with Gasteiger partial charge >= 0.3 is 0 Å². The van der Waals surface area contributed by atoms with Crippen LogP contribution in [0.25, 0.3) is 0 Å². The molecule has 0 radical (unpaired) electrons. The average Bonchev–Trinajstić information content (AvgIpc) is 3.29. The highest BCUT2D eigenvalue weighted by Gasteiger charge is 2.39. The third-order valence-electron chi connectivity index (χ3n) is 6.21. The Morgan fingerprint density at radius 3 is 2.69 bits per heavy atom. The number of hydrogen-bond acceptors (Lipinski definition) is 4. The van der Waals surface area contributed by atoms with E-state index in [1.54, 1.807) is 43.5 Å². The average molecular weight is 511 g/mol. The first-order valence-corrected chi connectivity index (χ1v) is 12.7. The first kappa shape index (κ1) is 21.1. The van der Waals surface area contributed by atoms with Gasteiger partial charge < -0.3 is 10.1 Å². The molecule has 0 amide bonds. The van der Waals surface area contributed by atoms with Crippen molar-refractivity contribution in [2.75, 3.05) is 17.1 Å². The van der Waals surface area contributed by atoms with E-state index >= 15 is 0 Å². The van der Waals surface area contributed by atoms with E-state index in [9.17, 15) is 8.42 Å². The van der Waals surface area contributed by atoms with Gasteiger partial charge in [0.1, 0.15) is 5.75 Å². The molecule has 3 atom stereocenters. The molecule has 1 aliphatic heterocycles. The Kier molecular flexibility index (Phi) is 5.47. The zero-order valence-electron chi connectivity index (χ0n) is 17.5. The highest BCUT2D eigenvalue weighted by Crippen LogP contribution is 2.51. The molecule has 3 aromatic carbocycles. The fraction of sp³-hybridized carbons (Fsp3) is 0.200. The van der Waals surface area contributed by atoms with Crippen LogP contribution in [-0.2, 0) is 10.0 Å². The summed E-state index contributed by atoms with van der Waals surface area (Å²) in [6.07, 6.45) is 5.36. The predicted octanol–water partition coefficient (Wildman–Crippen LogP) is 6.09. The number of halogens is 1. The van der Waals surface area contributed by atoms with Gasteiger partial charge in [0.25, 0.3) is 10.0 Å². The van der Waals surface area contributed by atoms with Crippen LogP contribution < -0.4 is 14.8 Å². The number of sulfonamides is 1. The fourth-order valence-corrected chi connectivity index (χ4v) is 6.29. The number of allylic oxidation sites excluding steroid dienone is 2. The number of ether oxygens (including phenoxy) is 1. The lowest BCUT2D eigenvalue weighted by molar-refractivity contribution is 0.415. The van der Waals surface area contributed by atoms with Gasteiger partial charge in [-0.2, -0.15) is 0 Å². The number of rotatable bonds is 5. The van der Waals surface area contributed by atoms with E-state index in [1.165, 1.54) is 5.56 Å². The van der Waals surface area contributed by atoms with Crippen molar-refractivity contribution in [1.29, 1.82) is 0 Å². The SMILES string of the molecule is COc1cccc(NS(=O)(=O)c2ccc3c(c2)[C@H]2C=CC[C@H]2[C@@H](c2ccccc2Br)N3)c1. The quantitative estimate of drug-likeness (QED) is 0.407. The molecule has 3 aromatic rings. The summed E-state index contributed by atoms with van der Waals surface area (Å²) in [5, 5.41) is 3.67. The van der Waals surface area contributed by atoms with Gasteiger partial charge in [-0.25, -0.2) is 8.42 Å². The van der Waals surface area contributed by atoms with Crippen LogP contribution in [0, 0.1) is 5.92 Å². The van der Waals surface area contributed by atoms with Crippen molar-refractivity contribution in [2.24, 2.45) is 5.92 Å². The monoisotopic (exact) mass is 510 g/mol. The molecule has 0 saturated heterocycles. The van der Waals surface area contributed by atoms with E-state index in [0.717, 1.165) is 22.1 Å². The Labute approximate surface area is 196 Å². The molecule has 0 saturated carbocycles. The van der Waals surface area contributed by atoms with Crippen molar-refractivity contribution >= 4 is 37.3 Å². The smallest absolute Gasteiger partial charge is 0.261 e. The van der Waals surface area contributed by atoms with Gasteiger partial charge in [-0.05, 0) is 59.9 Å². The molecule has 2 N–H and O–H groups in total. The summed E-state index contributed by atoms with van der Waals surface area (Å²) in [5.41, 5.74) is 3.67. The largest absolute Gasteiger partial charge is 0.497 e. The predicted molar refractivity (Wildman–Crippen MR) is 131 cm³/mol. The molecule has 164 valence electrons. The van der Waals surface area contributed by atoms with Crippen molar-refractivity contribution in [3.63, 3.8) is 0 Å². The summed E-state index contributed by atoms with van der Waals surface area (Å²) in [6.45, 7) is 0. The third kappa shape index (κ3) is 3.80. The van der Waals surface area contributed by atoms with Gasteiger partial charge in [-0.1, -0.05) is 52.3 Å². The van der Waals surface area contributed by atoms with Crippen LogP contribution in [0.2, 0.25) is 0 Å². The molecule has 0 aromatic heterocycles. The maximum Gasteiger partial charge on any atom is 0.261 e. The van der Waals surface area contributed by atoms with Crippen LogP contribution in [0.5, 0.6) is 5.75 Å². The van der Waals surface area contributed by atoms with Crippen molar-refractivity contribution in [2.45, 2.75) is 23.3 Å². The van der Waals surface area contributed by atoms with Gasteiger partial charge in [0, 0.05) is 22.1 Å². The van der Waals surface area contributed by atoms with Crippen LogP contribution in [0.4, 0.5) is 11.4 Å². The van der Waals surface area contributed by atoms with Gasteiger partial charge in [0.2, 0.25) is 0 Å². The summed E-state index contributed by atoms with van der Waals surface area (Å²) >= 11 is 3.69. The minimum Gasteiger partial charge on any atom is -0.497 e. The Morgan fingerprint density at radius 1 is 1.03 bits per heavy atom. The summed E-state index contributed by atoms with van der Waals surface area (Å²) < 4.78 is 35.2. The molecule has 0 bridgehead atoms. The summed E-state index contributed by atoms with van der Waals surface area (Å²) in [5.74, 6) is 1.08. The molecule has 0 spiro atoms. The molecule has 5 rings (SSSR count). The van der Waals surface area contributed by atoms with Crippen molar-refractivity contribution in [3.05, 3.63) is 94.5 Å². The number of fused-ring (bicyclic) bond motifs is 3. The number of benzene rings is 3. The highest BCUT2D eigenvalue weighted by atomic mass is 79.9. The molecule has 1 heterocycles.